The molecule has 0 aliphatic carbocycles. The molecule has 0 atom stereocenters. The van der Waals surface area contributed by atoms with Gasteiger partial charge in [-0.2, -0.15) is 0 Å². The molecule has 12 nitrogen and oxygen atoms in total. The number of nitrogens with zero attached hydrogens (tertiary/aromatic N) is 3. The Labute approximate surface area is 228 Å². The zero-order chi connectivity index (χ0) is 28.2. The normalized spacial score (nSPS) is 15.8. The predicted molar refractivity (Wildman–Crippen MR) is 147 cm³/mol. The summed E-state index contributed by atoms with van der Waals surface area (Å²) in [7, 11) is -4.14. The molecule has 2 aromatic rings. The fourth-order valence-corrected chi connectivity index (χ4v) is 6.17. The number of carbonyl (C=O) groups excluding carboxylic acids is 1. The predicted octanol–water partition coefficient (Wildman–Crippen LogP) is 1.43. The fraction of sp³-hybridized carbons (Fsp3) is 0.423. The number of piperidine rings is 1. The van der Waals surface area contributed by atoms with Gasteiger partial charge in [0.1, 0.15) is 18.4 Å². The van der Waals surface area contributed by atoms with Crippen LogP contribution in [0.25, 0.3) is 0 Å². The number of guanidine groups is 2. The Balaban J connectivity index is 1.56. The van der Waals surface area contributed by atoms with Crippen LogP contribution in [0.5, 0.6) is 5.75 Å². The van der Waals surface area contributed by atoms with Gasteiger partial charge in [0.2, 0.25) is 0 Å². The number of hydrogen-bond acceptors (Lipinski definition) is 7. The Hall–Kier alpha value is -4.00. The van der Waals surface area contributed by atoms with Gasteiger partial charge in [0, 0.05) is 39.0 Å². The van der Waals surface area contributed by atoms with Crippen LogP contribution in [0.4, 0.5) is 5.69 Å². The van der Waals surface area contributed by atoms with Crippen molar-refractivity contribution in [2.24, 2.45) is 11.5 Å². The van der Waals surface area contributed by atoms with Crippen molar-refractivity contribution in [3.05, 3.63) is 53.6 Å². The first-order valence-electron chi connectivity index (χ1n) is 12.8. The Kier molecular flexibility index (Phi) is 8.48. The van der Waals surface area contributed by atoms with Crippen LogP contribution in [-0.2, 0) is 32.5 Å². The van der Waals surface area contributed by atoms with Crippen molar-refractivity contribution in [3.63, 3.8) is 0 Å². The number of sulfonamides is 1. The van der Waals surface area contributed by atoms with Crippen LogP contribution >= 0.6 is 0 Å². The maximum absolute atomic E-state index is 13.8. The van der Waals surface area contributed by atoms with Gasteiger partial charge in [-0.15, -0.1) is 0 Å². The molecule has 2 aliphatic rings. The van der Waals surface area contributed by atoms with Gasteiger partial charge in [0.05, 0.1) is 17.2 Å². The van der Waals surface area contributed by atoms with Gasteiger partial charge in [0.15, 0.2) is 11.9 Å². The van der Waals surface area contributed by atoms with Crippen molar-refractivity contribution in [2.75, 3.05) is 37.1 Å². The standard InChI is InChI=1S/C26H35N7O5S/c1-2-37-24(34)17-33(20-4-3-18-9-12-32(26(29)30)16-19(18)15-20)39(35,36)23-7-5-21(6-8-23)38-22-10-13-31(14-11-22)25(27)28/h3-8,15,22H,2,9-14,16-17H2,1H3,(H3,27,28)(H3,29,30). The largest absolute Gasteiger partial charge is 0.490 e. The number of benzene rings is 2. The van der Waals surface area contributed by atoms with E-state index < -0.39 is 22.5 Å². The highest BCUT2D eigenvalue weighted by atomic mass is 32.2. The van der Waals surface area contributed by atoms with Crippen LogP contribution in [0.3, 0.4) is 0 Å². The third kappa shape index (κ3) is 6.53. The summed E-state index contributed by atoms with van der Waals surface area (Å²) in [5.41, 5.74) is 13.4. The molecule has 0 amide bonds. The van der Waals surface area contributed by atoms with Gasteiger partial charge < -0.3 is 30.7 Å². The number of rotatable bonds is 8. The summed E-state index contributed by atoms with van der Waals surface area (Å²) in [6, 6.07) is 11.4. The highest BCUT2D eigenvalue weighted by Gasteiger charge is 2.29. The van der Waals surface area contributed by atoms with E-state index in [0.29, 0.717) is 56.9 Å². The van der Waals surface area contributed by atoms with Crippen molar-refractivity contribution in [1.29, 1.82) is 10.8 Å². The average molecular weight is 558 g/mol. The lowest BCUT2D eigenvalue weighted by molar-refractivity contribution is -0.141. The number of nitrogens with one attached hydrogen (secondary N) is 2. The molecule has 6 N–H and O–H groups in total. The van der Waals surface area contributed by atoms with Crippen LogP contribution in [0.1, 0.15) is 30.9 Å². The van der Waals surface area contributed by atoms with E-state index in [1.807, 2.05) is 6.07 Å². The average Bonchev–Trinajstić information content (AvgIpc) is 2.91. The SMILES string of the molecule is CCOC(=O)CN(c1ccc2c(c1)CN(C(=N)N)CC2)S(=O)(=O)c1ccc(OC2CCN(C(=N)N)CC2)cc1. The quantitative estimate of drug-likeness (QED) is 0.212. The lowest BCUT2D eigenvalue weighted by atomic mass is 9.99. The summed E-state index contributed by atoms with van der Waals surface area (Å²) in [4.78, 5) is 15.9. The van der Waals surface area contributed by atoms with Crippen LogP contribution in [0.15, 0.2) is 47.4 Å². The summed E-state index contributed by atoms with van der Waals surface area (Å²) < 4.78 is 39.7. The second-order valence-electron chi connectivity index (χ2n) is 9.49. The second kappa shape index (κ2) is 11.8. The van der Waals surface area contributed by atoms with Crippen molar-refractivity contribution in [2.45, 2.75) is 43.7 Å². The first-order chi connectivity index (χ1) is 18.6. The monoisotopic (exact) mass is 557 g/mol. The first kappa shape index (κ1) is 28.0. The van der Waals surface area contributed by atoms with Crippen molar-refractivity contribution < 1.29 is 22.7 Å². The van der Waals surface area contributed by atoms with E-state index in [2.05, 4.69) is 0 Å². The van der Waals surface area contributed by atoms with Crippen molar-refractivity contribution in [1.82, 2.24) is 9.80 Å². The van der Waals surface area contributed by atoms with E-state index in [0.717, 1.165) is 15.4 Å². The highest BCUT2D eigenvalue weighted by Crippen LogP contribution is 2.30. The molecule has 210 valence electrons. The zero-order valence-electron chi connectivity index (χ0n) is 21.9. The summed E-state index contributed by atoms with van der Waals surface area (Å²) in [6.45, 7) is 3.54. The number of carbonyl (C=O) groups is 1. The second-order valence-corrected chi connectivity index (χ2v) is 11.3. The molecule has 0 unspecified atom stereocenters. The minimum Gasteiger partial charge on any atom is -0.490 e. The van der Waals surface area contributed by atoms with Crippen LogP contribution in [0, 0.1) is 10.8 Å². The minimum atomic E-state index is -4.14. The van der Waals surface area contributed by atoms with E-state index in [9.17, 15) is 13.2 Å². The van der Waals surface area contributed by atoms with Crippen LogP contribution < -0.4 is 20.5 Å². The van der Waals surface area contributed by atoms with Gasteiger partial charge in [0.25, 0.3) is 10.0 Å². The molecule has 39 heavy (non-hydrogen) atoms. The van der Waals surface area contributed by atoms with E-state index in [1.54, 1.807) is 41.0 Å². The number of anilines is 1. The molecular weight excluding hydrogens is 522 g/mol. The molecule has 1 saturated heterocycles. The summed E-state index contributed by atoms with van der Waals surface area (Å²) >= 11 is 0. The van der Waals surface area contributed by atoms with E-state index in [1.165, 1.54) is 12.1 Å². The van der Waals surface area contributed by atoms with Crippen LogP contribution in [-0.4, -0.2) is 75.0 Å². The maximum atomic E-state index is 13.8. The van der Waals surface area contributed by atoms with Gasteiger partial charge in [-0.3, -0.25) is 19.9 Å². The lowest BCUT2D eigenvalue weighted by Gasteiger charge is -2.32. The molecule has 13 heteroatoms. The third-order valence-corrected chi connectivity index (χ3v) is 8.69. The van der Waals surface area contributed by atoms with E-state index in [-0.39, 0.29) is 29.5 Å². The number of nitrogens with two attached hydrogens (primary N) is 2. The Bertz CT molecular complexity index is 1320. The van der Waals surface area contributed by atoms with Crippen molar-refractivity contribution >= 4 is 33.6 Å². The first-order valence-corrected chi connectivity index (χ1v) is 14.3. The molecule has 0 bridgehead atoms. The van der Waals surface area contributed by atoms with E-state index in [4.69, 9.17) is 31.8 Å². The smallest absolute Gasteiger partial charge is 0.326 e. The molecule has 2 aliphatic heterocycles. The van der Waals surface area contributed by atoms with E-state index >= 15 is 0 Å². The summed E-state index contributed by atoms with van der Waals surface area (Å²) in [5.74, 6) is -0.134. The fourth-order valence-electron chi connectivity index (χ4n) is 4.77. The molecule has 0 aromatic heterocycles. The molecule has 0 saturated carbocycles. The van der Waals surface area contributed by atoms with Gasteiger partial charge in [-0.25, -0.2) is 8.42 Å². The van der Waals surface area contributed by atoms with Crippen LogP contribution in [0.2, 0.25) is 0 Å². The maximum Gasteiger partial charge on any atom is 0.326 e. The Morgan fingerprint density at radius 1 is 1.00 bits per heavy atom. The molecule has 1 fully saturated rings. The number of hydrogen-bond donors (Lipinski definition) is 4. The van der Waals surface area contributed by atoms with Crippen molar-refractivity contribution in [3.8, 4) is 5.75 Å². The lowest BCUT2D eigenvalue weighted by Crippen LogP contribution is -2.44. The molecule has 2 heterocycles. The highest BCUT2D eigenvalue weighted by molar-refractivity contribution is 7.92. The molecular formula is C26H35N7O5S. The topological polar surface area (TPSA) is 179 Å². The summed E-state index contributed by atoms with van der Waals surface area (Å²) in [5, 5.41) is 15.3. The summed E-state index contributed by atoms with van der Waals surface area (Å²) in [6.07, 6.45) is 2.02. The molecule has 0 spiro atoms. The Morgan fingerprint density at radius 2 is 1.67 bits per heavy atom. The van der Waals surface area contributed by atoms with Gasteiger partial charge >= 0.3 is 5.97 Å². The molecule has 0 radical (unpaired) electrons. The van der Waals surface area contributed by atoms with Gasteiger partial charge in [-0.05, 0) is 60.9 Å². The molecule has 4 rings (SSSR count). The number of fused-ring (bicyclic) bond motifs is 1. The number of ether oxygens (including phenoxy) is 2. The molecule has 2 aromatic carbocycles. The zero-order valence-corrected chi connectivity index (χ0v) is 22.7. The number of esters is 1. The van der Waals surface area contributed by atoms with Gasteiger partial charge in [-0.1, -0.05) is 6.07 Å². The Morgan fingerprint density at radius 3 is 2.28 bits per heavy atom. The third-order valence-electron chi connectivity index (χ3n) is 6.91. The number of likely N-dealkylation sites (tertiary alicyclic amines) is 1. The minimum absolute atomic E-state index is 0.00799.